The highest BCUT2D eigenvalue weighted by Gasteiger charge is 2.47. The van der Waals surface area contributed by atoms with E-state index in [9.17, 15) is 0 Å². The molecule has 0 saturated heterocycles. The average molecular weight is 830 g/mol. The summed E-state index contributed by atoms with van der Waals surface area (Å²) in [6.45, 7) is 4.71. The molecule has 0 fully saturated rings. The number of hydrogen-bond acceptors (Lipinski definition) is 1. The number of benzene rings is 10. The van der Waals surface area contributed by atoms with Crippen LogP contribution in [-0.4, -0.2) is 0 Å². The summed E-state index contributed by atoms with van der Waals surface area (Å²) in [6.07, 6.45) is 0. The Morgan fingerprint density at radius 1 is 0.292 bits per heavy atom. The maximum Gasteiger partial charge on any atom is 0.0714 e. The maximum atomic E-state index is 2.47. The molecule has 0 amide bonds. The van der Waals surface area contributed by atoms with Gasteiger partial charge in [0.15, 0.2) is 0 Å². The van der Waals surface area contributed by atoms with Crippen molar-refractivity contribution < 1.29 is 0 Å². The van der Waals surface area contributed by atoms with Crippen LogP contribution in [0.3, 0.4) is 0 Å². The highest BCUT2D eigenvalue weighted by molar-refractivity contribution is 5.98. The molecule has 10 aromatic rings. The first-order valence-electron chi connectivity index (χ1n) is 22.8. The van der Waals surface area contributed by atoms with E-state index in [2.05, 4.69) is 267 Å². The summed E-state index contributed by atoms with van der Waals surface area (Å²) in [7, 11) is 0. The van der Waals surface area contributed by atoms with Gasteiger partial charge in [-0.15, -0.1) is 0 Å². The van der Waals surface area contributed by atoms with E-state index < -0.39 is 5.41 Å². The van der Waals surface area contributed by atoms with Gasteiger partial charge in [0.05, 0.1) is 11.1 Å². The fraction of sp³-hybridized carbons (Fsp3) is 0.0625. The second-order valence-electron chi connectivity index (χ2n) is 18.0. The summed E-state index contributed by atoms with van der Waals surface area (Å²) in [4.78, 5) is 2.47. The van der Waals surface area contributed by atoms with E-state index in [4.69, 9.17) is 0 Å². The molecule has 308 valence electrons. The van der Waals surface area contributed by atoms with Gasteiger partial charge in [0, 0.05) is 22.4 Å². The lowest BCUT2D eigenvalue weighted by Gasteiger charge is -2.34. The van der Waals surface area contributed by atoms with Crippen LogP contribution in [0.5, 0.6) is 0 Å². The smallest absolute Gasteiger partial charge is 0.0714 e. The van der Waals surface area contributed by atoms with E-state index in [1.807, 2.05) is 0 Å². The maximum absolute atomic E-state index is 2.47. The monoisotopic (exact) mass is 829 g/mol. The van der Waals surface area contributed by atoms with Crippen molar-refractivity contribution in [3.05, 3.63) is 282 Å². The van der Waals surface area contributed by atoms with Gasteiger partial charge in [-0.2, -0.15) is 0 Å². The average Bonchev–Trinajstić information content (AvgIpc) is 3.81. The van der Waals surface area contributed by atoms with Crippen LogP contribution < -0.4 is 4.90 Å². The topological polar surface area (TPSA) is 3.24 Å². The molecule has 0 unspecified atom stereocenters. The molecule has 2 aliphatic rings. The molecule has 0 aliphatic heterocycles. The van der Waals surface area contributed by atoms with Crippen molar-refractivity contribution in [2.75, 3.05) is 4.90 Å². The third-order valence-electron chi connectivity index (χ3n) is 14.2. The largest absolute Gasteiger partial charge is 0.310 e. The summed E-state index contributed by atoms with van der Waals surface area (Å²) in [6, 6.07) is 91.9. The molecular formula is C64H47N. The molecule has 0 spiro atoms. The van der Waals surface area contributed by atoms with E-state index in [0.29, 0.717) is 0 Å². The molecule has 0 atom stereocenters. The van der Waals surface area contributed by atoms with E-state index >= 15 is 0 Å². The van der Waals surface area contributed by atoms with Gasteiger partial charge in [0.1, 0.15) is 0 Å². The SMILES string of the molecule is CC1(C)c2ccccc2-c2ccc(-c3ccc(N(c4ccc(-c5cccc(-c6ccccc6)c5)cc4)c4cccc5c4-c4ccccc4C5(c4ccccc4)c4ccccc4)cc3)cc21. The van der Waals surface area contributed by atoms with Crippen molar-refractivity contribution >= 4 is 17.1 Å². The normalized spacial score (nSPS) is 13.6. The van der Waals surface area contributed by atoms with Crippen LogP contribution in [0.15, 0.2) is 249 Å². The van der Waals surface area contributed by atoms with Gasteiger partial charge in [0.25, 0.3) is 0 Å². The van der Waals surface area contributed by atoms with E-state index in [-0.39, 0.29) is 5.41 Å². The lowest BCUT2D eigenvalue weighted by molar-refractivity contribution is 0.660. The number of hydrogen-bond donors (Lipinski definition) is 0. The Labute approximate surface area is 382 Å². The van der Waals surface area contributed by atoms with Crippen LogP contribution in [0, 0.1) is 0 Å². The zero-order valence-corrected chi connectivity index (χ0v) is 36.6. The Morgan fingerprint density at radius 3 is 1.34 bits per heavy atom. The standard InChI is InChI=1S/C64H47N/c1-63(2)57-28-14-12-26-54(57)55-41-36-49(43-60(55)63)46-34-39-53(40-35-46)65(52-37-32-45(33-38-52)48-21-16-20-47(42-48)44-18-6-3-7-19-44)61-31-17-30-59-62(61)56-27-13-15-29-58(56)64(59,50-22-8-4-9-23-50)51-24-10-5-11-25-51/h3-43H,1-2H3. The van der Waals surface area contributed by atoms with E-state index in [1.165, 1.54) is 89.0 Å². The predicted molar refractivity (Wildman–Crippen MR) is 272 cm³/mol. The zero-order valence-electron chi connectivity index (χ0n) is 36.6. The van der Waals surface area contributed by atoms with Crippen LogP contribution in [0.1, 0.15) is 47.2 Å². The molecule has 12 rings (SSSR count). The Morgan fingerprint density at radius 2 is 0.723 bits per heavy atom. The molecular weight excluding hydrogens is 783 g/mol. The van der Waals surface area contributed by atoms with Gasteiger partial charge in [-0.3, -0.25) is 0 Å². The highest BCUT2D eigenvalue weighted by atomic mass is 15.1. The van der Waals surface area contributed by atoms with Gasteiger partial charge in [-0.1, -0.05) is 220 Å². The molecule has 65 heavy (non-hydrogen) atoms. The Kier molecular flexibility index (Phi) is 9.14. The quantitative estimate of drug-likeness (QED) is 0.147. The van der Waals surface area contributed by atoms with Crippen LogP contribution in [-0.2, 0) is 10.8 Å². The first-order valence-corrected chi connectivity index (χ1v) is 22.8. The van der Waals surface area contributed by atoms with Crippen LogP contribution in [0.25, 0.3) is 55.6 Å². The number of nitrogens with zero attached hydrogens (tertiary/aromatic N) is 1. The fourth-order valence-electron chi connectivity index (χ4n) is 11.1. The highest BCUT2D eigenvalue weighted by Crippen LogP contribution is 2.59. The minimum Gasteiger partial charge on any atom is -0.310 e. The second-order valence-corrected chi connectivity index (χ2v) is 18.0. The fourth-order valence-corrected chi connectivity index (χ4v) is 11.1. The summed E-state index contributed by atoms with van der Waals surface area (Å²) >= 11 is 0. The number of fused-ring (bicyclic) bond motifs is 6. The molecule has 1 nitrogen and oxygen atoms in total. The Hall–Kier alpha value is -8.00. The third-order valence-corrected chi connectivity index (χ3v) is 14.2. The molecule has 0 N–H and O–H groups in total. The Balaban J connectivity index is 1.02. The Bertz CT molecular complexity index is 3320. The van der Waals surface area contributed by atoms with Gasteiger partial charge in [-0.25, -0.2) is 0 Å². The van der Waals surface area contributed by atoms with Gasteiger partial charge in [-0.05, 0) is 126 Å². The van der Waals surface area contributed by atoms with Crippen molar-refractivity contribution in [3.8, 4) is 55.6 Å². The summed E-state index contributed by atoms with van der Waals surface area (Å²) in [5, 5.41) is 0. The van der Waals surface area contributed by atoms with Crippen molar-refractivity contribution in [1.82, 2.24) is 0 Å². The van der Waals surface area contributed by atoms with Gasteiger partial charge in [0.2, 0.25) is 0 Å². The first kappa shape index (κ1) is 38.7. The lowest BCUT2D eigenvalue weighted by Crippen LogP contribution is -2.28. The third kappa shape index (κ3) is 6.15. The second kappa shape index (κ2) is 15.4. The van der Waals surface area contributed by atoms with E-state index in [0.717, 1.165) is 17.1 Å². The van der Waals surface area contributed by atoms with Gasteiger partial charge >= 0.3 is 0 Å². The minimum absolute atomic E-state index is 0.0631. The van der Waals surface area contributed by atoms with E-state index in [1.54, 1.807) is 0 Å². The van der Waals surface area contributed by atoms with Crippen LogP contribution >= 0.6 is 0 Å². The van der Waals surface area contributed by atoms with Gasteiger partial charge < -0.3 is 4.90 Å². The van der Waals surface area contributed by atoms with Crippen molar-refractivity contribution in [3.63, 3.8) is 0 Å². The molecule has 1 heteroatoms. The molecule has 0 saturated carbocycles. The number of anilines is 3. The minimum atomic E-state index is -0.505. The summed E-state index contributed by atoms with van der Waals surface area (Å²) in [5.41, 5.74) is 23.1. The summed E-state index contributed by atoms with van der Waals surface area (Å²) in [5.74, 6) is 0. The molecule has 0 aromatic heterocycles. The molecule has 10 aromatic carbocycles. The molecule has 0 radical (unpaired) electrons. The first-order chi connectivity index (χ1) is 32.0. The predicted octanol–water partition coefficient (Wildman–Crippen LogP) is 16.8. The van der Waals surface area contributed by atoms with Crippen molar-refractivity contribution in [2.45, 2.75) is 24.7 Å². The van der Waals surface area contributed by atoms with Crippen molar-refractivity contribution in [2.24, 2.45) is 0 Å². The summed E-state index contributed by atoms with van der Waals surface area (Å²) < 4.78 is 0. The van der Waals surface area contributed by atoms with Crippen molar-refractivity contribution in [1.29, 1.82) is 0 Å². The van der Waals surface area contributed by atoms with Crippen LogP contribution in [0.2, 0.25) is 0 Å². The zero-order chi connectivity index (χ0) is 43.5. The lowest BCUT2D eigenvalue weighted by atomic mass is 9.68. The molecule has 0 bridgehead atoms. The van der Waals surface area contributed by atoms with Crippen LogP contribution in [0.4, 0.5) is 17.1 Å². The number of rotatable bonds is 8. The molecule has 0 heterocycles. The molecule has 2 aliphatic carbocycles.